The van der Waals surface area contributed by atoms with Crippen LogP contribution in [-0.2, 0) is 11.3 Å². The van der Waals surface area contributed by atoms with Gasteiger partial charge in [0.25, 0.3) is 0 Å². The molecule has 2 aromatic carbocycles. The smallest absolute Gasteiger partial charge is 0.234 e. The highest BCUT2D eigenvalue weighted by atomic mass is 32.2. The Labute approximate surface area is 185 Å². The van der Waals surface area contributed by atoms with Crippen LogP contribution in [0.3, 0.4) is 0 Å². The van der Waals surface area contributed by atoms with Gasteiger partial charge < -0.3 is 14.6 Å². The van der Waals surface area contributed by atoms with Gasteiger partial charge in [0, 0.05) is 25.5 Å². The van der Waals surface area contributed by atoms with E-state index in [1.54, 1.807) is 6.26 Å². The number of anilines is 2. The molecule has 0 bridgehead atoms. The summed E-state index contributed by atoms with van der Waals surface area (Å²) in [6.07, 6.45) is 1.61. The molecule has 4 rings (SSSR count). The van der Waals surface area contributed by atoms with Gasteiger partial charge in [-0.05, 0) is 42.0 Å². The van der Waals surface area contributed by atoms with E-state index in [4.69, 9.17) is 4.42 Å². The number of thioether (sulfide) groups is 1. The van der Waals surface area contributed by atoms with Crippen molar-refractivity contribution in [2.45, 2.75) is 11.7 Å². The predicted molar refractivity (Wildman–Crippen MR) is 123 cm³/mol. The Balaban J connectivity index is 1.47. The van der Waals surface area contributed by atoms with E-state index in [1.165, 1.54) is 11.8 Å². The third-order valence-corrected chi connectivity index (χ3v) is 5.61. The zero-order valence-electron chi connectivity index (χ0n) is 17.4. The summed E-state index contributed by atoms with van der Waals surface area (Å²) in [4.78, 5) is 14.5. The summed E-state index contributed by atoms with van der Waals surface area (Å²) in [7, 11) is 3.96. The van der Waals surface area contributed by atoms with Crippen LogP contribution in [0.5, 0.6) is 0 Å². The first-order chi connectivity index (χ1) is 15.1. The lowest BCUT2D eigenvalue weighted by molar-refractivity contribution is -0.113. The number of carbonyl (C=O) groups excluding carboxylic acids is 1. The fourth-order valence-corrected chi connectivity index (χ4v) is 3.80. The van der Waals surface area contributed by atoms with E-state index in [0.29, 0.717) is 23.3 Å². The molecule has 0 atom stereocenters. The van der Waals surface area contributed by atoms with Gasteiger partial charge in [0.15, 0.2) is 10.9 Å². The molecule has 0 aliphatic carbocycles. The minimum absolute atomic E-state index is 0.101. The van der Waals surface area contributed by atoms with Crippen molar-refractivity contribution in [1.82, 2.24) is 14.8 Å². The number of nitrogens with one attached hydrogen (secondary N) is 1. The topological polar surface area (TPSA) is 76.2 Å². The fourth-order valence-electron chi connectivity index (χ4n) is 3.06. The normalized spacial score (nSPS) is 10.8. The molecule has 1 amide bonds. The number of benzene rings is 2. The molecular weight excluding hydrogens is 410 g/mol. The Bertz CT molecular complexity index is 1120. The van der Waals surface area contributed by atoms with Gasteiger partial charge in [0.1, 0.15) is 0 Å². The Kier molecular flexibility index (Phi) is 6.37. The van der Waals surface area contributed by atoms with Crippen LogP contribution in [-0.4, -0.2) is 40.5 Å². The predicted octanol–water partition coefficient (Wildman–Crippen LogP) is 4.38. The molecule has 2 aromatic heterocycles. The molecule has 7 nitrogen and oxygen atoms in total. The summed E-state index contributed by atoms with van der Waals surface area (Å²) in [5, 5.41) is 12.2. The van der Waals surface area contributed by atoms with Crippen LogP contribution in [0.4, 0.5) is 11.4 Å². The van der Waals surface area contributed by atoms with Crippen molar-refractivity contribution >= 4 is 29.0 Å². The van der Waals surface area contributed by atoms with Crippen LogP contribution in [0.2, 0.25) is 0 Å². The zero-order chi connectivity index (χ0) is 21.6. The summed E-state index contributed by atoms with van der Waals surface area (Å²) in [5.74, 6) is 1.40. The highest BCUT2D eigenvalue weighted by Gasteiger charge is 2.18. The first-order valence-corrected chi connectivity index (χ1v) is 10.8. The van der Waals surface area contributed by atoms with Crippen LogP contribution >= 0.6 is 11.8 Å². The van der Waals surface area contributed by atoms with Gasteiger partial charge in [-0.1, -0.05) is 42.1 Å². The SMILES string of the molecule is CN(C)c1ccc(NC(=O)CSc2nnc(-c3ccco3)n2Cc2ccccc2)cc1. The second-order valence-electron chi connectivity index (χ2n) is 7.13. The highest BCUT2D eigenvalue weighted by molar-refractivity contribution is 7.99. The minimum Gasteiger partial charge on any atom is -0.461 e. The Hall–Kier alpha value is -3.52. The van der Waals surface area contributed by atoms with Crippen molar-refractivity contribution in [3.05, 3.63) is 78.6 Å². The number of nitrogens with zero attached hydrogens (tertiary/aromatic N) is 4. The number of carbonyl (C=O) groups is 1. The Morgan fingerprint density at radius 1 is 1.03 bits per heavy atom. The van der Waals surface area contributed by atoms with Gasteiger partial charge in [0.05, 0.1) is 18.6 Å². The summed E-state index contributed by atoms with van der Waals surface area (Å²) in [5.41, 5.74) is 2.95. The zero-order valence-corrected chi connectivity index (χ0v) is 18.2. The van der Waals surface area contributed by atoms with Gasteiger partial charge in [-0.25, -0.2) is 0 Å². The minimum atomic E-state index is -0.101. The van der Waals surface area contributed by atoms with E-state index in [-0.39, 0.29) is 11.7 Å². The number of aromatic nitrogens is 3. The molecule has 0 saturated heterocycles. The second-order valence-corrected chi connectivity index (χ2v) is 8.08. The summed E-state index contributed by atoms with van der Waals surface area (Å²) in [6, 6.07) is 21.5. The van der Waals surface area contributed by atoms with Crippen LogP contribution in [0.15, 0.2) is 82.6 Å². The van der Waals surface area contributed by atoms with Crippen molar-refractivity contribution in [2.75, 3.05) is 30.1 Å². The van der Waals surface area contributed by atoms with Crippen molar-refractivity contribution in [3.63, 3.8) is 0 Å². The van der Waals surface area contributed by atoms with Crippen molar-refractivity contribution in [1.29, 1.82) is 0 Å². The van der Waals surface area contributed by atoms with Crippen LogP contribution in [0.1, 0.15) is 5.56 Å². The molecule has 1 N–H and O–H groups in total. The van der Waals surface area contributed by atoms with Crippen LogP contribution < -0.4 is 10.2 Å². The molecule has 0 radical (unpaired) electrons. The lowest BCUT2D eigenvalue weighted by Crippen LogP contribution is -2.15. The lowest BCUT2D eigenvalue weighted by atomic mass is 10.2. The van der Waals surface area contributed by atoms with E-state index in [1.807, 2.05) is 90.3 Å². The lowest BCUT2D eigenvalue weighted by Gasteiger charge is -2.13. The summed E-state index contributed by atoms with van der Waals surface area (Å²) < 4.78 is 7.50. The number of rotatable bonds is 8. The quantitative estimate of drug-likeness (QED) is 0.416. The molecular formula is C23H23N5O2S. The number of amides is 1. The first-order valence-electron chi connectivity index (χ1n) is 9.81. The van der Waals surface area contributed by atoms with E-state index >= 15 is 0 Å². The van der Waals surface area contributed by atoms with Crippen LogP contribution in [0, 0.1) is 0 Å². The van der Waals surface area contributed by atoms with Crippen molar-refractivity contribution < 1.29 is 9.21 Å². The maximum Gasteiger partial charge on any atom is 0.234 e. The van der Waals surface area contributed by atoms with Gasteiger partial charge in [-0.2, -0.15) is 0 Å². The molecule has 0 aliphatic rings. The number of furan rings is 1. The van der Waals surface area contributed by atoms with Crippen LogP contribution in [0.25, 0.3) is 11.6 Å². The molecule has 0 fully saturated rings. The molecule has 0 spiro atoms. The number of hydrogen-bond donors (Lipinski definition) is 1. The molecule has 158 valence electrons. The van der Waals surface area contributed by atoms with E-state index < -0.39 is 0 Å². The Morgan fingerprint density at radius 3 is 2.48 bits per heavy atom. The first kappa shape index (κ1) is 20.7. The monoisotopic (exact) mass is 433 g/mol. The molecule has 31 heavy (non-hydrogen) atoms. The number of hydrogen-bond acceptors (Lipinski definition) is 6. The van der Waals surface area contributed by atoms with Crippen molar-refractivity contribution in [2.24, 2.45) is 0 Å². The van der Waals surface area contributed by atoms with Gasteiger partial charge in [0.2, 0.25) is 11.7 Å². The highest BCUT2D eigenvalue weighted by Crippen LogP contribution is 2.26. The van der Waals surface area contributed by atoms with Gasteiger partial charge in [-0.3, -0.25) is 9.36 Å². The van der Waals surface area contributed by atoms with Crippen molar-refractivity contribution in [3.8, 4) is 11.6 Å². The largest absolute Gasteiger partial charge is 0.461 e. The third-order valence-electron chi connectivity index (χ3n) is 4.64. The molecule has 0 unspecified atom stereocenters. The maximum absolute atomic E-state index is 12.5. The molecule has 2 heterocycles. The fraction of sp³-hybridized carbons (Fsp3) is 0.174. The maximum atomic E-state index is 12.5. The third kappa shape index (κ3) is 5.16. The van der Waals surface area contributed by atoms with E-state index in [9.17, 15) is 4.79 Å². The van der Waals surface area contributed by atoms with Gasteiger partial charge >= 0.3 is 0 Å². The molecule has 4 aromatic rings. The summed E-state index contributed by atoms with van der Waals surface area (Å²) in [6.45, 7) is 0.583. The standard InChI is InChI=1S/C23H23N5O2S/c1-27(2)19-12-10-18(11-13-19)24-21(29)16-31-23-26-25-22(20-9-6-14-30-20)28(23)15-17-7-4-3-5-8-17/h3-14H,15-16H2,1-2H3,(H,24,29). The molecule has 8 heteroatoms. The molecule has 0 aliphatic heterocycles. The summed E-state index contributed by atoms with van der Waals surface area (Å²) >= 11 is 1.35. The second kappa shape index (κ2) is 9.53. The average molecular weight is 434 g/mol. The Morgan fingerprint density at radius 2 is 1.81 bits per heavy atom. The average Bonchev–Trinajstić information content (AvgIpc) is 3.43. The van der Waals surface area contributed by atoms with Gasteiger partial charge in [-0.15, -0.1) is 10.2 Å². The molecule has 0 saturated carbocycles. The van der Waals surface area contributed by atoms with E-state index in [0.717, 1.165) is 16.9 Å². The van der Waals surface area contributed by atoms with E-state index in [2.05, 4.69) is 15.5 Å².